The summed E-state index contributed by atoms with van der Waals surface area (Å²) in [6.45, 7) is 3.11. The average molecular weight is 433 g/mol. The van der Waals surface area contributed by atoms with Gasteiger partial charge in [-0.15, -0.1) is 10.2 Å². The molecule has 166 valence electrons. The molecule has 1 saturated carbocycles. The number of ether oxygens (including phenoxy) is 1. The topological polar surface area (TPSA) is 96.3 Å². The van der Waals surface area contributed by atoms with E-state index in [1.165, 1.54) is 32.0 Å². The lowest BCUT2D eigenvalue weighted by molar-refractivity contribution is 0.321. The third kappa shape index (κ3) is 4.36. The summed E-state index contributed by atoms with van der Waals surface area (Å²) in [5, 5.41) is 23.1. The summed E-state index contributed by atoms with van der Waals surface area (Å²) in [4.78, 5) is 10.6. The Labute approximate surface area is 187 Å². The van der Waals surface area contributed by atoms with E-state index < -0.39 is 0 Å². The zero-order chi connectivity index (χ0) is 21.9. The predicted molar refractivity (Wildman–Crippen MR) is 123 cm³/mol. The molecule has 1 aliphatic carbocycles. The molecule has 3 heterocycles. The van der Waals surface area contributed by atoms with E-state index >= 15 is 0 Å². The van der Waals surface area contributed by atoms with Gasteiger partial charge in [0.25, 0.3) is 0 Å². The molecule has 1 aromatic carbocycles. The summed E-state index contributed by atoms with van der Waals surface area (Å²) < 4.78 is 5.15. The van der Waals surface area contributed by atoms with Crippen molar-refractivity contribution in [3.8, 4) is 34.1 Å². The summed E-state index contributed by atoms with van der Waals surface area (Å²) in [6, 6.07) is 11.8. The first-order valence-electron chi connectivity index (χ1n) is 11.2. The number of phenols is 1. The Bertz CT molecular complexity index is 1070. The van der Waals surface area contributed by atoms with Gasteiger partial charge in [0.05, 0.1) is 18.5 Å². The first-order chi connectivity index (χ1) is 15.7. The molecule has 32 heavy (non-hydrogen) atoms. The van der Waals surface area contributed by atoms with Crippen LogP contribution in [0.25, 0.3) is 22.5 Å². The number of aromatic nitrogens is 4. The molecule has 2 aliphatic rings. The van der Waals surface area contributed by atoms with E-state index in [0.717, 1.165) is 37.1 Å². The maximum absolute atomic E-state index is 10.6. The van der Waals surface area contributed by atoms with Crippen LogP contribution in [0.2, 0.25) is 0 Å². The standard InChI is InChI=1S/C24H28N6O2/c1-32-24-12-21(26-15-27-24)17-5-6-19(22(31)11-17)20-7-8-23(29-28-20)30-10-9-16(14-30)13-25-18-3-2-4-18/h5-8,11-12,15-16,18,25,31H,2-4,9-10,13-14H2,1H3/t16-/m0/s1. The number of nitrogens with one attached hydrogen (secondary N) is 1. The fraction of sp³-hybridized carbons (Fsp3) is 0.417. The molecule has 2 N–H and O–H groups in total. The van der Waals surface area contributed by atoms with Gasteiger partial charge in [-0.05, 0) is 56.0 Å². The third-order valence-corrected chi connectivity index (χ3v) is 6.48. The van der Waals surface area contributed by atoms with Crippen molar-refractivity contribution in [3.63, 3.8) is 0 Å². The monoisotopic (exact) mass is 432 g/mol. The van der Waals surface area contributed by atoms with E-state index in [4.69, 9.17) is 4.74 Å². The number of benzene rings is 1. The highest BCUT2D eigenvalue weighted by molar-refractivity contribution is 5.73. The molecule has 0 unspecified atom stereocenters. The lowest BCUT2D eigenvalue weighted by atomic mass is 9.92. The van der Waals surface area contributed by atoms with E-state index in [1.54, 1.807) is 19.2 Å². The normalized spacial score (nSPS) is 18.5. The number of anilines is 1. The largest absolute Gasteiger partial charge is 0.507 e. The van der Waals surface area contributed by atoms with Crippen LogP contribution in [0.5, 0.6) is 11.6 Å². The van der Waals surface area contributed by atoms with Crippen LogP contribution in [0.3, 0.4) is 0 Å². The number of hydrogen-bond donors (Lipinski definition) is 2. The first-order valence-corrected chi connectivity index (χ1v) is 11.2. The van der Waals surface area contributed by atoms with Crippen molar-refractivity contribution in [3.05, 3.63) is 42.7 Å². The van der Waals surface area contributed by atoms with Crippen LogP contribution in [0.4, 0.5) is 5.82 Å². The molecule has 5 rings (SSSR count). The van der Waals surface area contributed by atoms with Crippen LogP contribution >= 0.6 is 0 Å². The molecule has 0 amide bonds. The number of rotatable bonds is 7. The van der Waals surface area contributed by atoms with E-state index in [2.05, 4.69) is 30.4 Å². The maximum atomic E-state index is 10.6. The minimum atomic E-state index is 0.130. The summed E-state index contributed by atoms with van der Waals surface area (Å²) in [6.07, 6.45) is 6.63. The molecule has 0 radical (unpaired) electrons. The van der Waals surface area contributed by atoms with E-state index in [-0.39, 0.29) is 5.75 Å². The van der Waals surface area contributed by atoms with E-state index in [1.807, 2.05) is 24.3 Å². The third-order valence-electron chi connectivity index (χ3n) is 6.48. The second-order valence-corrected chi connectivity index (χ2v) is 8.59. The molecule has 1 aliphatic heterocycles. The van der Waals surface area contributed by atoms with Crippen LogP contribution in [0.15, 0.2) is 42.7 Å². The van der Waals surface area contributed by atoms with Crippen molar-refractivity contribution in [2.75, 3.05) is 31.6 Å². The van der Waals surface area contributed by atoms with Crippen LogP contribution in [-0.2, 0) is 0 Å². The highest BCUT2D eigenvalue weighted by Gasteiger charge is 2.25. The fourth-order valence-corrected chi connectivity index (χ4v) is 4.31. The first kappa shape index (κ1) is 20.6. The fourth-order valence-electron chi connectivity index (χ4n) is 4.31. The number of nitrogens with zero attached hydrogens (tertiary/aromatic N) is 5. The highest BCUT2D eigenvalue weighted by Crippen LogP contribution is 2.33. The van der Waals surface area contributed by atoms with Gasteiger partial charge >= 0.3 is 0 Å². The molecule has 8 nitrogen and oxygen atoms in total. The van der Waals surface area contributed by atoms with Gasteiger partial charge in [0, 0.05) is 36.3 Å². The second-order valence-electron chi connectivity index (χ2n) is 8.59. The Hall–Kier alpha value is -3.26. The molecule has 2 aromatic heterocycles. The van der Waals surface area contributed by atoms with E-state index in [0.29, 0.717) is 28.7 Å². The Morgan fingerprint density at radius 3 is 2.69 bits per heavy atom. The summed E-state index contributed by atoms with van der Waals surface area (Å²) in [5.41, 5.74) is 2.73. The lowest BCUT2D eigenvalue weighted by Crippen LogP contribution is -2.38. The molecular formula is C24H28N6O2. The van der Waals surface area contributed by atoms with Crippen molar-refractivity contribution in [1.82, 2.24) is 25.5 Å². The van der Waals surface area contributed by atoms with E-state index in [9.17, 15) is 5.11 Å². The van der Waals surface area contributed by atoms with Crippen LogP contribution < -0.4 is 15.0 Å². The minimum absolute atomic E-state index is 0.130. The quantitative estimate of drug-likeness (QED) is 0.587. The Kier molecular flexibility index (Phi) is 5.85. The molecule has 1 saturated heterocycles. The molecular weight excluding hydrogens is 404 g/mol. The van der Waals surface area contributed by atoms with Crippen molar-refractivity contribution in [2.24, 2.45) is 5.92 Å². The lowest BCUT2D eigenvalue weighted by Gasteiger charge is -2.28. The zero-order valence-electron chi connectivity index (χ0n) is 18.2. The Morgan fingerprint density at radius 2 is 1.97 bits per heavy atom. The Morgan fingerprint density at radius 1 is 1.06 bits per heavy atom. The molecule has 0 bridgehead atoms. The van der Waals surface area contributed by atoms with Gasteiger partial charge in [-0.25, -0.2) is 9.97 Å². The molecule has 8 heteroatoms. The predicted octanol–water partition coefficient (Wildman–Crippen LogP) is 3.28. The maximum Gasteiger partial charge on any atom is 0.216 e. The Balaban J connectivity index is 1.25. The van der Waals surface area contributed by atoms with Gasteiger partial charge in [0.1, 0.15) is 12.1 Å². The average Bonchev–Trinajstić information content (AvgIpc) is 3.27. The number of aromatic hydroxyl groups is 1. The van der Waals surface area contributed by atoms with Gasteiger partial charge in [-0.2, -0.15) is 0 Å². The molecule has 3 aromatic rings. The smallest absolute Gasteiger partial charge is 0.216 e. The van der Waals surface area contributed by atoms with Gasteiger partial charge in [-0.3, -0.25) is 0 Å². The zero-order valence-corrected chi connectivity index (χ0v) is 18.2. The van der Waals surface area contributed by atoms with Crippen LogP contribution in [0.1, 0.15) is 25.7 Å². The van der Waals surface area contributed by atoms with Gasteiger partial charge < -0.3 is 20.1 Å². The summed E-state index contributed by atoms with van der Waals surface area (Å²) in [7, 11) is 1.56. The van der Waals surface area contributed by atoms with Crippen molar-refractivity contribution >= 4 is 5.82 Å². The van der Waals surface area contributed by atoms with Gasteiger partial charge in [0.15, 0.2) is 5.82 Å². The summed E-state index contributed by atoms with van der Waals surface area (Å²) in [5.74, 6) is 2.16. The molecule has 2 fully saturated rings. The number of phenolic OH excluding ortho intramolecular Hbond substituents is 1. The van der Waals surface area contributed by atoms with Gasteiger partial charge in [0.2, 0.25) is 5.88 Å². The van der Waals surface area contributed by atoms with Crippen LogP contribution in [-0.4, -0.2) is 58.1 Å². The SMILES string of the molecule is COc1cc(-c2ccc(-c3ccc(N4CC[C@@H](CNC5CCC5)C4)nn3)c(O)c2)ncn1. The highest BCUT2D eigenvalue weighted by atomic mass is 16.5. The second kappa shape index (κ2) is 9.08. The molecule has 1 atom stereocenters. The van der Waals surface area contributed by atoms with Crippen LogP contribution in [0, 0.1) is 5.92 Å². The number of hydrogen-bond acceptors (Lipinski definition) is 8. The van der Waals surface area contributed by atoms with Crippen molar-refractivity contribution in [2.45, 2.75) is 31.7 Å². The minimum Gasteiger partial charge on any atom is -0.507 e. The van der Waals surface area contributed by atoms with Gasteiger partial charge in [-0.1, -0.05) is 12.5 Å². The number of methoxy groups -OCH3 is 1. The summed E-state index contributed by atoms with van der Waals surface area (Å²) >= 11 is 0. The van der Waals surface area contributed by atoms with Crippen molar-refractivity contribution < 1.29 is 9.84 Å². The van der Waals surface area contributed by atoms with Crippen molar-refractivity contribution in [1.29, 1.82) is 0 Å². The molecule has 0 spiro atoms.